The molecule has 206 valence electrons. The largest absolute Gasteiger partial charge is 0.595 e. The number of amides is 2. The van der Waals surface area contributed by atoms with Crippen LogP contribution in [0.3, 0.4) is 0 Å². The molecule has 3 unspecified atom stereocenters. The molecule has 2 aliphatic heterocycles. The lowest BCUT2D eigenvalue weighted by atomic mass is 9.86. The Morgan fingerprint density at radius 1 is 1.02 bits per heavy atom. The molecule has 1 aromatic heterocycles. The van der Waals surface area contributed by atoms with Crippen molar-refractivity contribution < 1.29 is 29.5 Å². The first-order chi connectivity index (χ1) is 19.4. The van der Waals surface area contributed by atoms with Crippen molar-refractivity contribution in [3.63, 3.8) is 0 Å². The summed E-state index contributed by atoms with van der Waals surface area (Å²) in [6.07, 6.45) is 0.931. The number of quaternary nitrogens is 1. The van der Waals surface area contributed by atoms with E-state index in [2.05, 4.69) is 4.98 Å². The number of H-pyrrole nitrogens is 1. The first-order valence-electron chi connectivity index (χ1n) is 13.1. The van der Waals surface area contributed by atoms with Crippen LogP contribution in [0.1, 0.15) is 28.4 Å². The number of aromatic amines is 1. The molecule has 2 amide bonds. The predicted octanol–water partition coefficient (Wildman–Crippen LogP) is 2.52. The second-order valence-electron chi connectivity index (χ2n) is 10.1. The van der Waals surface area contributed by atoms with Crippen molar-refractivity contribution in [2.24, 2.45) is 0 Å². The maximum absolute atomic E-state index is 14.0. The third kappa shape index (κ3) is 4.36. The van der Waals surface area contributed by atoms with Gasteiger partial charge in [-0.05, 0) is 41.3 Å². The Labute approximate surface area is 230 Å². The third-order valence-corrected chi connectivity index (χ3v) is 7.91. The van der Waals surface area contributed by atoms with Crippen LogP contribution in [0.15, 0.2) is 66.7 Å². The molecule has 3 N–H and O–H groups in total. The molecule has 1 saturated heterocycles. The summed E-state index contributed by atoms with van der Waals surface area (Å²) in [5.41, 5.74) is 4.45. The molecule has 0 bridgehead atoms. The molecule has 0 aliphatic carbocycles. The van der Waals surface area contributed by atoms with Gasteiger partial charge in [-0.2, -0.15) is 5.23 Å². The van der Waals surface area contributed by atoms with E-state index in [4.69, 9.17) is 9.47 Å². The van der Waals surface area contributed by atoms with Gasteiger partial charge in [-0.3, -0.25) is 9.59 Å². The Hall–Kier alpha value is -4.38. The molecule has 4 aromatic rings. The molecule has 0 spiro atoms. The predicted molar refractivity (Wildman–Crippen MR) is 147 cm³/mol. The average molecular weight is 543 g/mol. The summed E-state index contributed by atoms with van der Waals surface area (Å²) in [5.74, 6) is 0.945. The van der Waals surface area contributed by atoms with Gasteiger partial charge in [-0.25, -0.2) is 5.21 Å². The molecular weight excluding hydrogens is 512 g/mol. The fourth-order valence-corrected chi connectivity index (χ4v) is 6.00. The summed E-state index contributed by atoms with van der Waals surface area (Å²) in [7, 11) is 3.16. The summed E-state index contributed by atoms with van der Waals surface area (Å²) in [4.78, 5) is 34.5. The van der Waals surface area contributed by atoms with Crippen LogP contribution in [0.25, 0.3) is 10.9 Å². The number of nitrogens with one attached hydrogen (secondary N) is 2. The lowest BCUT2D eigenvalue weighted by molar-refractivity contribution is -0.991. The van der Waals surface area contributed by atoms with Gasteiger partial charge in [0, 0.05) is 41.7 Å². The van der Waals surface area contributed by atoms with E-state index >= 15 is 0 Å². The Balaban J connectivity index is 1.35. The summed E-state index contributed by atoms with van der Waals surface area (Å²) >= 11 is 0. The Bertz CT molecular complexity index is 1600. The lowest BCUT2D eigenvalue weighted by Crippen LogP contribution is -2.99. The minimum Gasteiger partial charge on any atom is -0.595 e. The fraction of sp³-hybridized carbons (Fsp3) is 0.267. The topological polar surface area (TPSA) is 123 Å². The minimum absolute atomic E-state index is 0.0483. The van der Waals surface area contributed by atoms with Gasteiger partial charge in [0.2, 0.25) is 11.8 Å². The molecule has 40 heavy (non-hydrogen) atoms. The van der Waals surface area contributed by atoms with E-state index in [0.29, 0.717) is 36.4 Å². The van der Waals surface area contributed by atoms with Gasteiger partial charge < -0.3 is 29.5 Å². The van der Waals surface area contributed by atoms with Gasteiger partial charge in [0.05, 0.1) is 26.8 Å². The zero-order valence-electron chi connectivity index (χ0n) is 22.2. The minimum atomic E-state index is -1.05. The van der Waals surface area contributed by atoms with Gasteiger partial charge in [0.25, 0.3) is 0 Å². The van der Waals surface area contributed by atoms with Crippen LogP contribution in [0.4, 0.5) is 5.69 Å². The number of carbonyl (C=O) groups excluding carboxylic acids is 2. The number of benzene rings is 3. The Morgan fingerprint density at radius 3 is 2.60 bits per heavy atom. The van der Waals surface area contributed by atoms with Crippen molar-refractivity contribution in [1.82, 2.24) is 14.8 Å². The molecule has 1 fully saturated rings. The summed E-state index contributed by atoms with van der Waals surface area (Å²) in [5, 5.41) is 21.3. The van der Waals surface area contributed by atoms with Crippen LogP contribution >= 0.6 is 0 Å². The monoisotopic (exact) mass is 542 g/mol. The second-order valence-corrected chi connectivity index (χ2v) is 10.1. The van der Waals surface area contributed by atoms with E-state index in [-0.39, 0.29) is 24.0 Å². The van der Waals surface area contributed by atoms with E-state index in [1.165, 1.54) is 6.07 Å². The first-order valence-corrected chi connectivity index (χ1v) is 13.1. The highest BCUT2D eigenvalue weighted by atomic mass is 16.8. The lowest BCUT2D eigenvalue weighted by Gasteiger charge is -2.47. The summed E-state index contributed by atoms with van der Waals surface area (Å²) < 4.78 is 10.7. The van der Waals surface area contributed by atoms with Crippen molar-refractivity contribution >= 4 is 28.4 Å². The Kier molecular flexibility index (Phi) is 6.67. The molecule has 2 aliphatic rings. The smallest absolute Gasteiger partial charge is 0.246 e. The number of methoxy groups -OCH3 is 2. The van der Waals surface area contributed by atoms with E-state index in [1.807, 2.05) is 48.5 Å². The van der Waals surface area contributed by atoms with Crippen LogP contribution in [-0.2, 0) is 22.4 Å². The molecule has 10 nitrogen and oxygen atoms in total. The number of piperazine rings is 1. The second kappa shape index (κ2) is 10.3. The van der Waals surface area contributed by atoms with Crippen molar-refractivity contribution in [1.29, 1.82) is 0 Å². The molecule has 0 radical (unpaired) electrons. The number of hydrogen-bond acceptors (Lipinski definition) is 6. The van der Waals surface area contributed by atoms with Crippen molar-refractivity contribution in [2.45, 2.75) is 24.9 Å². The van der Waals surface area contributed by atoms with Gasteiger partial charge in [0.1, 0.15) is 6.04 Å². The summed E-state index contributed by atoms with van der Waals surface area (Å²) in [6.45, 7) is 0.331. The normalized spacial score (nSPS) is 19.4. The third-order valence-electron chi connectivity index (χ3n) is 7.91. The van der Waals surface area contributed by atoms with Crippen LogP contribution < -0.4 is 14.7 Å². The SMILES string of the molecule is COc1ccc(CCN2CC(=O)N3C(Cc4c([nH]c5ccccc45)C3c3cccc([NH+]([O-])O)c3)C2=O)cc1OC. The number of nitrogens with zero attached hydrogens (tertiary/aromatic N) is 2. The zero-order chi connectivity index (χ0) is 28.0. The Morgan fingerprint density at radius 2 is 1.82 bits per heavy atom. The molecule has 3 atom stereocenters. The van der Waals surface area contributed by atoms with Gasteiger partial charge >= 0.3 is 0 Å². The van der Waals surface area contributed by atoms with E-state index in [1.54, 1.807) is 36.2 Å². The number of ether oxygens (including phenoxy) is 2. The first kappa shape index (κ1) is 25.9. The van der Waals surface area contributed by atoms with E-state index in [9.17, 15) is 20.0 Å². The molecular formula is C30H30N4O6. The number of para-hydroxylation sites is 1. The van der Waals surface area contributed by atoms with Crippen molar-refractivity contribution in [3.8, 4) is 11.5 Å². The molecule has 10 heteroatoms. The molecule has 6 rings (SSSR count). The fourth-order valence-electron chi connectivity index (χ4n) is 6.00. The van der Waals surface area contributed by atoms with Crippen molar-refractivity contribution in [3.05, 3.63) is 94.3 Å². The van der Waals surface area contributed by atoms with Crippen LogP contribution in [0.2, 0.25) is 0 Å². The molecule has 3 aromatic carbocycles. The van der Waals surface area contributed by atoms with Gasteiger partial charge in [0.15, 0.2) is 17.2 Å². The van der Waals surface area contributed by atoms with Crippen LogP contribution in [-0.4, -0.2) is 65.2 Å². The molecule has 3 heterocycles. The maximum Gasteiger partial charge on any atom is 0.246 e. The van der Waals surface area contributed by atoms with Gasteiger partial charge in [-0.1, -0.05) is 36.4 Å². The number of aromatic nitrogens is 1. The van der Waals surface area contributed by atoms with E-state index < -0.39 is 17.3 Å². The highest BCUT2D eigenvalue weighted by Gasteiger charge is 2.48. The highest BCUT2D eigenvalue weighted by molar-refractivity contribution is 5.97. The summed E-state index contributed by atoms with van der Waals surface area (Å²) in [6, 6.07) is 18.8. The maximum atomic E-state index is 14.0. The zero-order valence-corrected chi connectivity index (χ0v) is 22.2. The van der Waals surface area contributed by atoms with Crippen LogP contribution in [0.5, 0.6) is 11.5 Å². The number of rotatable bonds is 7. The highest BCUT2D eigenvalue weighted by Crippen LogP contribution is 2.42. The van der Waals surface area contributed by atoms with Gasteiger partial charge in [-0.15, -0.1) is 0 Å². The number of fused-ring (bicyclic) bond motifs is 4. The number of carbonyl (C=O) groups is 2. The average Bonchev–Trinajstić information content (AvgIpc) is 3.35. The van der Waals surface area contributed by atoms with E-state index in [0.717, 1.165) is 27.7 Å². The molecule has 0 saturated carbocycles. The standard InChI is InChI=1S/C30H30N4O6/c1-39-25-11-10-18(14-26(25)40-2)12-13-32-17-27(35)33-24(30(32)36)16-22-21-8-3-4-9-23(21)31-28(22)29(33)19-6-5-7-20(15-19)34(37)38/h3-11,14-15,24,29,31,34,37H,12-13,16-17H2,1-2H3. The van der Waals surface area contributed by atoms with Crippen LogP contribution in [0, 0.1) is 5.21 Å². The van der Waals surface area contributed by atoms with Crippen molar-refractivity contribution in [2.75, 3.05) is 27.3 Å². The number of hydrogen-bond donors (Lipinski definition) is 3. The quantitative estimate of drug-likeness (QED) is 0.309.